The molecule has 0 unspecified atom stereocenters. The molecule has 98 valence electrons. The molecule has 1 amide bonds. The van der Waals surface area contributed by atoms with Crippen molar-refractivity contribution in [2.75, 3.05) is 6.54 Å². The molecular formula is C14H13ClN2O2. The Labute approximate surface area is 114 Å². The molecule has 2 N–H and O–H groups in total. The molecule has 1 aliphatic rings. The minimum absolute atomic E-state index is 0.135. The highest BCUT2D eigenvalue weighted by Gasteiger charge is 2.22. The number of amides is 1. The van der Waals surface area contributed by atoms with E-state index in [2.05, 4.69) is 10.3 Å². The topological polar surface area (TPSA) is 62.0 Å². The van der Waals surface area contributed by atoms with E-state index in [9.17, 15) is 9.59 Å². The predicted octanol–water partition coefficient (Wildman–Crippen LogP) is 2.32. The Bertz CT molecular complexity index is 704. The summed E-state index contributed by atoms with van der Waals surface area (Å²) < 4.78 is 0. The van der Waals surface area contributed by atoms with Gasteiger partial charge in [-0.25, -0.2) is 0 Å². The molecule has 5 heteroatoms. The summed E-state index contributed by atoms with van der Waals surface area (Å²) in [6.45, 7) is 0.645. The van der Waals surface area contributed by atoms with E-state index in [0.29, 0.717) is 28.4 Å². The standard InChI is InChI=1S/C14H13ClN2O2/c15-9-3-4-12-10(5-9)13(18)11(7-16-12)14(19)17-6-8-1-2-8/h3-5,7-8H,1-2,6H2,(H,16,18)(H,17,19). The maximum atomic E-state index is 12.2. The first kappa shape index (κ1) is 12.2. The Morgan fingerprint density at radius 2 is 2.21 bits per heavy atom. The van der Waals surface area contributed by atoms with Gasteiger partial charge in [0.15, 0.2) is 0 Å². The van der Waals surface area contributed by atoms with Crippen LogP contribution in [0.3, 0.4) is 0 Å². The quantitative estimate of drug-likeness (QED) is 0.904. The van der Waals surface area contributed by atoms with E-state index in [-0.39, 0.29) is 16.9 Å². The number of aromatic amines is 1. The van der Waals surface area contributed by atoms with Crippen LogP contribution in [0.15, 0.2) is 29.2 Å². The summed E-state index contributed by atoms with van der Waals surface area (Å²) in [7, 11) is 0. The maximum absolute atomic E-state index is 12.2. The Morgan fingerprint density at radius 1 is 1.42 bits per heavy atom. The lowest BCUT2D eigenvalue weighted by atomic mass is 10.1. The van der Waals surface area contributed by atoms with E-state index in [4.69, 9.17) is 11.6 Å². The fraction of sp³-hybridized carbons (Fsp3) is 0.286. The molecule has 0 bridgehead atoms. The number of rotatable bonds is 3. The van der Waals surface area contributed by atoms with Crippen LogP contribution < -0.4 is 10.7 Å². The first-order valence-electron chi connectivity index (χ1n) is 6.24. The largest absolute Gasteiger partial charge is 0.360 e. The number of carbonyl (C=O) groups excluding carboxylic acids is 1. The van der Waals surface area contributed by atoms with Gasteiger partial charge in [-0.1, -0.05) is 11.6 Å². The zero-order chi connectivity index (χ0) is 13.4. The number of hydrogen-bond acceptors (Lipinski definition) is 2. The number of benzene rings is 1. The summed E-state index contributed by atoms with van der Waals surface area (Å²) in [4.78, 5) is 27.2. The Balaban J connectivity index is 1.96. The summed E-state index contributed by atoms with van der Waals surface area (Å²) in [6.07, 6.45) is 3.77. The van der Waals surface area contributed by atoms with Crippen molar-refractivity contribution >= 4 is 28.4 Å². The normalized spacial score (nSPS) is 14.6. The van der Waals surface area contributed by atoms with Gasteiger partial charge in [0.25, 0.3) is 5.91 Å². The van der Waals surface area contributed by atoms with Gasteiger partial charge < -0.3 is 10.3 Å². The Hall–Kier alpha value is -1.81. The van der Waals surface area contributed by atoms with Gasteiger partial charge in [0.1, 0.15) is 5.56 Å². The lowest BCUT2D eigenvalue weighted by Gasteiger charge is -2.05. The van der Waals surface area contributed by atoms with Crippen molar-refractivity contribution in [3.63, 3.8) is 0 Å². The average molecular weight is 277 g/mol. The molecule has 1 aliphatic carbocycles. The Morgan fingerprint density at radius 3 is 2.95 bits per heavy atom. The van der Waals surface area contributed by atoms with Crippen molar-refractivity contribution < 1.29 is 4.79 Å². The van der Waals surface area contributed by atoms with Gasteiger partial charge in [-0.3, -0.25) is 9.59 Å². The lowest BCUT2D eigenvalue weighted by Crippen LogP contribution is -2.30. The highest BCUT2D eigenvalue weighted by Crippen LogP contribution is 2.27. The van der Waals surface area contributed by atoms with Crippen molar-refractivity contribution in [2.45, 2.75) is 12.8 Å². The third-order valence-corrected chi connectivity index (χ3v) is 3.57. The number of pyridine rings is 1. The van der Waals surface area contributed by atoms with Crippen molar-refractivity contribution in [3.05, 3.63) is 45.2 Å². The fourth-order valence-corrected chi connectivity index (χ4v) is 2.19. The third kappa shape index (κ3) is 2.49. The van der Waals surface area contributed by atoms with Crippen LogP contribution in [0.25, 0.3) is 10.9 Å². The molecule has 2 aromatic rings. The summed E-state index contributed by atoms with van der Waals surface area (Å²) in [6, 6.07) is 5.00. The van der Waals surface area contributed by atoms with Crippen LogP contribution in [0, 0.1) is 5.92 Å². The van der Waals surface area contributed by atoms with Gasteiger partial charge in [-0.05, 0) is 37.0 Å². The van der Waals surface area contributed by atoms with E-state index >= 15 is 0 Å². The van der Waals surface area contributed by atoms with Crippen molar-refractivity contribution in [2.24, 2.45) is 5.92 Å². The molecule has 1 aromatic heterocycles. The highest BCUT2D eigenvalue weighted by atomic mass is 35.5. The minimum atomic E-state index is -0.324. The summed E-state index contributed by atoms with van der Waals surface area (Å²) >= 11 is 5.88. The number of fused-ring (bicyclic) bond motifs is 1. The first-order chi connectivity index (χ1) is 9.15. The molecule has 1 aromatic carbocycles. The summed E-state index contributed by atoms with van der Waals surface area (Å²) in [5.74, 6) is 0.257. The van der Waals surface area contributed by atoms with Crippen LogP contribution in [0.4, 0.5) is 0 Å². The van der Waals surface area contributed by atoms with Crippen LogP contribution in [0.2, 0.25) is 5.02 Å². The fourth-order valence-electron chi connectivity index (χ4n) is 2.01. The third-order valence-electron chi connectivity index (χ3n) is 3.34. The maximum Gasteiger partial charge on any atom is 0.256 e. The summed E-state index contributed by atoms with van der Waals surface area (Å²) in [5.41, 5.74) is 0.521. The number of hydrogen-bond donors (Lipinski definition) is 2. The monoisotopic (exact) mass is 276 g/mol. The van der Waals surface area contributed by atoms with Crippen LogP contribution in [-0.4, -0.2) is 17.4 Å². The van der Waals surface area contributed by atoms with Crippen LogP contribution in [0.1, 0.15) is 23.2 Å². The molecule has 4 nitrogen and oxygen atoms in total. The molecule has 0 saturated heterocycles. The molecule has 0 atom stereocenters. The second-order valence-corrected chi connectivity index (χ2v) is 5.31. The van der Waals surface area contributed by atoms with E-state index in [1.165, 1.54) is 6.20 Å². The average Bonchev–Trinajstić information content (AvgIpc) is 3.21. The summed E-state index contributed by atoms with van der Waals surface area (Å²) in [5, 5.41) is 3.71. The minimum Gasteiger partial charge on any atom is -0.360 e. The van der Waals surface area contributed by atoms with E-state index in [1.54, 1.807) is 18.2 Å². The molecular weight excluding hydrogens is 264 g/mol. The first-order valence-corrected chi connectivity index (χ1v) is 6.62. The number of aromatic nitrogens is 1. The highest BCUT2D eigenvalue weighted by molar-refractivity contribution is 6.31. The SMILES string of the molecule is O=C(NCC1CC1)c1c[nH]c2ccc(Cl)cc2c1=O. The van der Waals surface area contributed by atoms with Gasteiger partial charge in [-0.15, -0.1) is 0 Å². The second kappa shape index (κ2) is 4.70. The van der Waals surface area contributed by atoms with Crippen LogP contribution in [0.5, 0.6) is 0 Å². The van der Waals surface area contributed by atoms with E-state index in [0.717, 1.165) is 12.8 Å². The van der Waals surface area contributed by atoms with Gasteiger partial charge in [-0.2, -0.15) is 0 Å². The van der Waals surface area contributed by atoms with Gasteiger partial charge in [0, 0.05) is 28.7 Å². The zero-order valence-electron chi connectivity index (χ0n) is 10.2. The number of H-pyrrole nitrogens is 1. The number of halogens is 1. The zero-order valence-corrected chi connectivity index (χ0v) is 11.0. The van der Waals surface area contributed by atoms with E-state index in [1.807, 2.05) is 0 Å². The molecule has 3 rings (SSSR count). The molecule has 0 radical (unpaired) electrons. The molecule has 0 aliphatic heterocycles. The van der Waals surface area contributed by atoms with Crippen LogP contribution in [-0.2, 0) is 0 Å². The van der Waals surface area contributed by atoms with Crippen molar-refractivity contribution in [1.29, 1.82) is 0 Å². The lowest BCUT2D eigenvalue weighted by molar-refractivity contribution is 0.0950. The Kier molecular flexibility index (Phi) is 3.03. The van der Waals surface area contributed by atoms with Gasteiger partial charge in [0.2, 0.25) is 5.43 Å². The van der Waals surface area contributed by atoms with Crippen LogP contribution >= 0.6 is 11.6 Å². The van der Waals surface area contributed by atoms with Gasteiger partial charge in [0.05, 0.1) is 0 Å². The number of nitrogens with one attached hydrogen (secondary N) is 2. The molecule has 1 heterocycles. The molecule has 1 saturated carbocycles. The van der Waals surface area contributed by atoms with Crippen molar-refractivity contribution in [3.8, 4) is 0 Å². The smallest absolute Gasteiger partial charge is 0.256 e. The predicted molar refractivity (Wildman–Crippen MR) is 74.6 cm³/mol. The second-order valence-electron chi connectivity index (χ2n) is 4.87. The molecule has 19 heavy (non-hydrogen) atoms. The molecule has 1 fully saturated rings. The van der Waals surface area contributed by atoms with Gasteiger partial charge >= 0.3 is 0 Å². The van der Waals surface area contributed by atoms with E-state index < -0.39 is 0 Å². The molecule has 0 spiro atoms. The number of carbonyl (C=O) groups is 1. The van der Waals surface area contributed by atoms with Crippen molar-refractivity contribution in [1.82, 2.24) is 10.3 Å².